The van der Waals surface area contributed by atoms with Gasteiger partial charge in [0, 0.05) is 17.4 Å². The van der Waals surface area contributed by atoms with Gasteiger partial charge in [0.05, 0.1) is 24.2 Å². The number of para-hydroxylation sites is 1. The molecule has 8 heteroatoms. The number of hydrogen-bond acceptors (Lipinski definition) is 7. The Bertz CT molecular complexity index is 1240. The van der Waals surface area contributed by atoms with Gasteiger partial charge in [-0.1, -0.05) is 23.9 Å². The van der Waals surface area contributed by atoms with E-state index >= 15 is 0 Å². The molecule has 0 aliphatic carbocycles. The summed E-state index contributed by atoms with van der Waals surface area (Å²) in [6.07, 6.45) is 0. The van der Waals surface area contributed by atoms with Crippen molar-refractivity contribution in [3.63, 3.8) is 0 Å². The molecule has 0 bridgehead atoms. The van der Waals surface area contributed by atoms with E-state index in [0.29, 0.717) is 11.4 Å². The number of thioether (sulfide) groups is 2. The quantitative estimate of drug-likeness (QED) is 0.554. The van der Waals surface area contributed by atoms with Crippen LogP contribution >= 0.6 is 23.5 Å². The first-order valence-electron chi connectivity index (χ1n) is 9.27. The number of allylic oxidation sites excluding steroid dienone is 1. The van der Waals surface area contributed by atoms with E-state index in [1.807, 2.05) is 59.0 Å². The highest BCUT2D eigenvalue weighted by atomic mass is 32.2. The molecule has 0 amide bonds. The van der Waals surface area contributed by atoms with E-state index in [1.165, 1.54) is 11.8 Å². The fourth-order valence-electron chi connectivity index (χ4n) is 3.55. The number of aromatic nitrogens is 3. The van der Waals surface area contributed by atoms with Crippen LogP contribution in [0.4, 0.5) is 0 Å². The van der Waals surface area contributed by atoms with E-state index in [9.17, 15) is 5.26 Å². The Kier molecular flexibility index (Phi) is 4.77. The van der Waals surface area contributed by atoms with Crippen molar-refractivity contribution in [2.24, 2.45) is 0 Å². The third kappa shape index (κ3) is 2.98. The van der Waals surface area contributed by atoms with Gasteiger partial charge in [-0.2, -0.15) is 5.26 Å². The van der Waals surface area contributed by atoms with Crippen LogP contribution in [0, 0.1) is 11.3 Å². The van der Waals surface area contributed by atoms with Gasteiger partial charge in [0.15, 0.2) is 5.82 Å². The molecular formula is C22H17N5OS2. The first kappa shape index (κ1) is 18.9. The van der Waals surface area contributed by atoms with Crippen molar-refractivity contribution < 1.29 is 4.74 Å². The van der Waals surface area contributed by atoms with Gasteiger partial charge in [0.2, 0.25) is 0 Å². The first-order valence-corrected chi connectivity index (χ1v) is 11.1. The molecule has 30 heavy (non-hydrogen) atoms. The number of nitriles is 1. The van der Waals surface area contributed by atoms with Gasteiger partial charge < -0.3 is 9.64 Å². The second-order valence-electron chi connectivity index (χ2n) is 6.73. The zero-order valence-electron chi connectivity index (χ0n) is 16.4. The van der Waals surface area contributed by atoms with Crippen LogP contribution in [-0.2, 0) is 5.75 Å². The van der Waals surface area contributed by atoms with Gasteiger partial charge in [-0.05, 0) is 42.0 Å². The van der Waals surface area contributed by atoms with Crippen LogP contribution in [0.15, 0.2) is 63.9 Å². The fourth-order valence-corrected chi connectivity index (χ4v) is 5.54. The highest BCUT2D eigenvalue weighted by molar-refractivity contribution is 8.06. The predicted octanol–water partition coefficient (Wildman–Crippen LogP) is 4.75. The Balaban J connectivity index is 1.56. The van der Waals surface area contributed by atoms with Gasteiger partial charge in [0.25, 0.3) is 0 Å². The van der Waals surface area contributed by atoms with Crippen molar-refractivity contribution in [3.05, 3.63) is 76.2 Å². The zero-order valence-corrected chi connectivity index (χ0v) is 18.0. The minimum atomic E-state index is 0.516. The summed E-state index contributed by atoms with van der Waals surface area (Å²) in [6, 6.07) is 18.4. The molecule has 0 saturated heterocycles. The highest BCUT2D eigenvalue weighted by Crippen LogP contribution is 2.43. The minimum Gasteiger partial charge on any atom is -0.497 e. The van der Waals surface area contributed by atoms with Crippen LogP contribution < -0.4 is 4.74 Å². The standard InChI is InChI=1S/C22H17N5OS2/c1-26-18(14-7-9-15(28-2)10-8-14)12-30-22(26)16(11-23)21-25-24-20-13-29-19-6-4-3-5-17(19)27(20)21/h3-10,12H,13H2,1-2H3/b22-16+. The molecule has 2 aliphatic heterocycles. The molecule has 0 saturated carbocycles. The van der Waals surface area contributed by atoms with Crippen LogP contribution in [0.2, 0.25) is 0 Å². The summed E-state index contributed by atoms with van der Waals surface area (Å²) in [4.78, 5) is 3.20. The third-order valence-electron chi connectivity index (χ3n) is 5.08. The topological polar surface area (TPSA) is 67.0 Å². The number of ether oxygens (including phenoxy) is 1. The second kappa shape index (κ2) is 7.59. The Hall–Kier alpha value is -3.15. The molecule has 0 spiro atoms. The molecule has 148 valence electrons. The SMILES string of the molecule is COc1ccc(C2=CS/C(=C(\C#N)c3nnc4n3-c3ccccc3SC4)N2C)cc1. The van der Waals surface area contributed by atoms with Crippen LogP contribution in [0.3, 0.4) is 0 Å². The van der Waals surface area contributed by atoms with Crippen molar-refractivity contribution >= 4 is 34.8 Å². The summed E-state index contributed by atoms with van der Waals surface area (Å²) < 4.78 is 7.27. The first-order chi connectivity index (χ1) is 14.7. The average Bonchev–Trinajstić information content (AvgIpc) is 3.39. The summed E-state index contributed by atoms with van der Waals surface area (Å²) in [5, 5.41) is 21.8. The maximum Gasteiger partial charge on any atom is 0.182 e. The van der Waals surface area contributed by atoms with E-state index in [2.05, 4.69) is 27.7 Å². The molecule has 0 N–H and O–H groups in total. The van der Waals surface area contributed by atoms with E-state index in [-0.39, 0.29) is 0 Å². The molecule has 6 nitrogen and oxygen atoms in total. The largest absolute Gasteiger partial charge is 0.497 e. The van der Waals surface area contributed by atoms with Crippen molar-refractivity contribution in [3.8, 4) is 17.5 Å². The van der Waals surface area contributed by atoms with E-state index in [4.69, 9.17) is 4.74 Å². The number of benzene rings is 2. The summed E-state index contributed by atoms with van der Waals surface area (Å²) in [6.45, 7) is 0. The summed E-state index contributed by atoms with van der Waals surface area (Å²) in [5.74, 6) is 2.99. The Morgan fingerprint density at radius 1 is 1.13 bits per heavy atom. The zero-order chi connectivity index (χ0) is 20.7. The lowest BCUT2D eigenvalue weighted by Crippen LogP contribution is -2.14. The maximum atomic E-state index is 10.1. The van der Waals surface area contributed by atoms with Gasteiger partial charge in [-0.15, -0.1) is 22.0 Å². The smallest absolute Gasteiger partial charge is 0.182 e. The molecule has 0 fully saturated rings. The van der Waals surface area contributed by atoms with E-state index in [0.717, 1.165) is 44.2 Å². The monoisotopic (exact) mass is 431 g/mol. The third-order valence-corrected chi connectivity index (χ3v) is 7.18. The van der Waals surface area contributed by atoms with Crippen molar-refractivity contribution in [2.45, 2.75) is 10.6 Å². The lowest BCUT2D eigenvalue weighted by Gasteiger charge is -2.21. The molecule has 2 aliphatic rings. The van der Waals surface area contributed by atoms with Gasteiger partial charge >= 0.3 is 0 Å². The number of hydrogen-bond donors (Lipinski definition) is 0. The Morgan fingerprint density at radius 3 is 2.70 bits per heavy atom. The fraction of sp³-hybridized carbons (Fsp3) is 0.136. The number of methoxy groups -OCH3 is 1. The highest BCUT2D eigenvalue weighted by Gasteiger charge is 2.29. The number of nitrogens with zero attached hydrogens (tertiary/aromatic N) is 5. The second-order valence-corrected chi connectivity index (χ2v) is 8.61. The average molecular weight is 432 g/mol. The maximum absolute atomic E-state index is 10.1. The molecular weight excluding hydrogens is 414 g/mol. The summed E-state index contributed by atoms with van der Waals surface area (Å²) in [5.41, 5.74) is 3.62. The molecule has 0 radical (unpaired) electrons. The molecule has 0 unspecified atom stereocenters. The van der Waals surface area contributed by atoms with Gasteiger partial charge in [-0.3, -0.25) is 4.57 Å². The molecule has 3 aromatic rings. The number of fused-ring (bicyclic) bond motifs is 3. The summed E-state index contributed by atoms with van der Waals surface area (Å²) in [7, 11) is 3.63. The van der Waals surface area contributed by atoms with E-state index in [1.54, 1.807) is 18.9 Å². The Labute approximate surface area is 182 Å². The lowest BCUT2D eigenvalue weighted by atomic mass is 10.1. The van der Waals surface area contributed by atoms with Crippen molar-refractivity contribution in [1.29, 1.82) is 5.26 Å². The molecule has 1 aromatic heterocycles. The molecule has 2 aromatic carbocycles. The van der Waals surface area contributed by atoms with Gasteiger partial charge in [-0.25, -0.2) is 0 Å². The molecule has 0 atom stereocenters. The molecule has 5 rings (SSSR count). The van der Waals surface area contributed by atoms with Crippen LogP contribution in [0.5, 0.6) is 5.75 Å². The Morgan fingerprint density at radius 2 is 1.93 bits per heavy atom. The van der Waals surface area contributed by atoms with Crippen LogP contribution in [-0.4, -0.2) is 33.8 Å². The van der Waals surface area contributed by atoms with Crippen LogP contribution in [0.1, 0.15) is 17.2 Å². The van der Waals surface area contributed by atoms with Crippen molar-refractivity contribution in [2.75, 3.05) is 14.2 Å². The van der Waals surface area contributed by atoms with E-state index < -0.39 is 0 Å². The molecule has 3 heterocycles. The summed E-state index contributed by atoms with van der Waals surface area (Å²) >= 11 is 3.27. The number of rotatable bonds is 3. The normalized spacial score (nSPS) is 16.4. The lowest BCUT2D eigenvalue weighted by molar-refractivity contribution is 0.414. The minimum absolute atomic E-state index is 0.516. The van der Waals surface area contributed by atoms with Crippen molar-refractivity contribution in [1.82, 2.24) is 19.7 Å². The van der Waals surface area contributed by atoms with Crippen LogP contribution in [0.25, 0.3) is 17.0 Å². The van der Waals surface area contributed by atoms with Gasteiger partial charge in [0.1, 0.15) is 28.2 Å². The predicted molar refractivity (Wildman–Crippen MR) is 120 cm³/mol.